The van der Waals surface area contributed by atoms with Gasteiger partial charge in [-0.05, 0) is 37.6 Å². The minimum Gasteiger partial charge on any atom is -0.490 e. The van der Waals surface area contributed by atoms with Crippen LogP contribution in [0.2, 0.25) is 5.02 Å². The van der Waals surface area contributed by atoms with Crippen LogP contribution in [0.5, 0.6) is 17.2 Å². The highest BCUT2D eigenvalue weighted by atomic mass is 35.5. The average Bonchev–Trinajstić information content (AvgIpc) is 2.76. The number of anilines is 1. The molecule has 0 spiro atoms. The van der Waals surface area contributed by atoms with Gasteiger partial charge in [-0.3, -0.25) is 9.59 Å². The van der Waals surface area contributed by atoms with Gasteiger partial charge in [0.25, 0.3) is 11.8 Å². The van der Waals surface area contributed by atoms with E-state index in [9.17, 15) is 9.59 Å². The molecule has 0 bridgehead atoms. The van der Waals surface area contributed by atoms with Gasteiger partial charge in [-0.1, -0.05) is 30.7 Å². The van der Waals surface area contributed by atoms with Gasteiger partial charge in [0.2, 0.25) is 0 Å². The minimum absolute atomic E-state index is 0.0746. The summed E-state index contributed by atoms with van der Waals surface area (Å²) in [6, 6.07) is 10.3. The first-order chi connectivity index (χ1) is 14.5. The maximum atomic E-state index is 13.4. The Balaban J connectivity index is 1.99. The monoisotopic (exact) mass is 432 g/mol. The quantitative estimate of drug-likeness (QED) is 0.722. The Morgan fingerprint density at radius 3 is 2.70 bits per heavy atom. The zero-order chi connectivity index (χ0) is 21.7. The number of fused-ring (bicyclic) bond motifs is 1. The highest BCUT2D eigenvalue weighted by molar-refractivity contribution is 6.33. The second-order valence-electron chi connectivity index (χ2n) is 6.67. The van der Waals surface area contributed by atoms with Gasteiger partial charge in [-0.2, -0.15) is 0 Å². The van der Waals surface area contributed by atoms with Crippen LogP contribution >= 0.6 is 11.6 Å². The third kappa shape index (κ3) is 4.46. The van der Waals surface area contributed by atoms with Crippen molar-refractivity contribution < 1.29 is 23.8 Å². The van der Waals surface area contributed by atoms with Crippen molar-refractivity contribution in [1.82, 2.24) is 5.32 Å². The van der Waals surface area contributed by atoms with Crippen LogP contribution in [0.4, 0.5) is 5.69 Å². The van der Waals surface area contributed by atoms with Gasteiger partial charge in [0, 0.05) is 12.6 Å². The van der Waals surface area contributed by atoms with Gasteiger partial charge < -0.3 is 24.4 Å². The Labute approximate surface area is 180 Å². The minimum atomic E-state index is -0.817. The molecule has 3 rings (SSSR count). The van der Waals surface area contributed by atoms with Crippen LogP contribution < -0.4 is 24.4 Å². The number of amides is 2. The van der Waals surface area contributed by atoms with Crippen molar-refractivity contribution in [2.75, 3.05) is 31.7 Å². The lowest BCUT2D eigenvalue weighted by atomic mass is 10.1. The Morgan fingerprint density at radius 1 is 1.23 bits per heavy atom. The standard InChI is InChI=1S/C22H25ClN2O5/c1-4-10-29-20-15(23)11-14(12-18(20)28-5-2)22(27)25-13-19(21(26)24-3)30-17-9-7-6-8-16(17)25/h6-9,11-12,19H,4-5,10,13H2,1-3H3,(H,24,26). The summed E-state index contributed by atoms with van der Waals surface area (Å²) in [7, 11) is 1.53. The summed E-state index contributed by atoms with van der Waals surface area (Å²) in [5, 5.41) is 2.86. The van der Waals surface area contributed by atoms with Crippen molar-refractivity contribution in [2.24, 2.45) is 0 Å². The van der Waals surface area contributed by atoms with Crippen molar-refractivity contribution in [3.05, 3.63) is 47.0 Å². The molecular formula is C22H25ClN2O5. The topological polar surface area (TPSA) is 77.1 Å². The van der Waals surface area contributed by atoms with Gasteiger partial charge in [0.1, 0.15) is 5.75 Å². The molecule has 0 fully saturated rings. The molecule has 30 heavy (non-hydrogen) atoms. The maximum Gasteiger partial charge on any atom is 0.262 e. The Morgan fingerprint density at radius 2 is 2.00 bits per heavy atom. The number of para-hydroxylation sites is 2. The number of hydrogen-bond donors (Lipinski definition) is 1. The summed E-state index contributed by atoms with van der Waals surface area (Å²) < 4.78 is 17.2. The summed E-state index contributed by atoms with van der Waals surface area (Å²) in [5.74, 6) is 0.668. The third-order valence-electron chi connectivity index (χ3n) is 4.56. The largest absolute Gasteiger partial charge is 0.490 e. The van der Waals surface area contributed by atoms with E-state index in [0.29, 0.717) is 46.7 Å². The van der Waals surface area contributed by atoms with Crippen LogP contribution in [-0.2, 0) is 4.79 Å². The van der Waals surface area contributed by atoms with Crippen molar-refractivity contribution >= 4 is 29.1 Å². The van der Waals surface area contributed by atoms with E-state index in [1.54, 1.807) is 30.3 Å². The SMILES string of the molecule is CCCOc1c(Cl)cc(C(=O)N2CC(C(=O)NC)Oc3ccccc32)cc1OCC. The van der Waals surface area contributed by atoms with Crippen LogP contribution in [0, 0.1) is 0 Å². The maximum absolute atomic E-state index is 13.4. The van der Waals surface area contributed by atoms with Gasteiger partial charge in [-0.25, -0.2) is 0 Å². The predicted octanol–water partition coefficient (Wildman–Crippen LogP) is 3.68. The van der Waals surface area contributed by atoms with Crippen molar-refractivity contribution in [1.29, 1.82) is 0 Å². The summed E-state index contributed by atoms with van der Waals surface area (Å²) in [6.45, 7) is 4.79. The summed E-state index contributed by atoms with van der Waals surface area (Å²) >= 11 is 6.43. The fourth-order valence-corrected chi connectivity index (χ4v) is 3.44. The number of hydrogen-bond acceptors (Lipinski definition) is 5. The van der Waals surface area contributed by atoms with Gasteiger partial charge >= 0.3 is 0 Å². The molecule has 2 amide bonds. The number of likely N-dealkylation sites (N-methyl/N-ethyl adjacent to an activating group) is 1. The van der Waals surface area contributed by atoms with Gasteiger partial charge in [-0.15, -0.1) is 0 Å². The molecule has 1 atom stereocenters. The van der Waals surface area contributed by atoms with Crippen molar-refractivity contribution in [2.45, 2.75) is 26.4 Å². The molecule has 0 saturated heterocycles. The van der Waals surface area contributed by atoms with Crippen LogP contribution in [0.15, 0.2) is 36.4 Å². The smallest absolute Gasteiger partial charge is 0.262 e. The van der Waals surface area contributed by atoms with Crippen molar-refractivity contribution in [3.8, 4) is 17.2 Å². The van der Waals surface area contributed by atoms with Crippen LogP contribution in [0.1, 0.15) is 30.6 Å². The number of benzene rings is 2. The highest BCUT2D eigenvalue weighted by Gasteiger charge is 2.34. The second-order valence-corrected chi connectivity index (χ2v) is 7.08. The van der Waals surface area contributed by atoms with Gasteiger partial charge in [0.15, 0.2) is 17.6 Å². The zero-order valence-electron chi connectivity index (χ0n) is 17.2. The lowest BCUT2D eigenvalue weighted by molar-refractivity contribution is -0.127. The molecule has 0 aromatic heterocycles. The molecule has 0 aliphatic carbocycles. The first kappa shape index (κ1) is 21.8. The molecule has 1 aliphatic rings. The normalized spacial score (nSPS) is 15.1. The summed E-state index contributed by atoms with van der Waals surface area (Å²) in [4.78, 5) is 27.1. The number of halogens is 1. The summed E-state index contributed by atoms with van der Waals surface area (Å²) in [6.07, 6.45) is -0.00330. The van der Waals surface area contributed by atoms with E-state index >= 15 is 0 Å². The van der Waals surface area contributed by atoms with Crippen molar-refractivity contribution in [3.63, 3.8) is 0 Å². The average molecular weight is 433 g/mol. The number of ether oxygens (including phenoxy) is 3. The van der Waals surface area contributed by atoms with E-state index in [2.05, 4.69) is 5.32 Å². The Kier molecular flexibility index (Phi) is 7.05. The molecule has 1 heterocycles. The first-order valence-corrected chi connectivity index (χ1v) is 10.3. The molecule has 1 N–H and O–H groups in total. The number of nitrogens with one attached hydrogen (secondary N) is 1. The first-order valence-electron chi connectivity index (χ1n) is 9.88. The zero-order valence-corrected chi connectivity index (χ0v) is 18.0. The van der Waals surface area contributed by atoms with E-state index in [-0.39, 0.29) is 18.4 Å². The number of nitrogens with zero attached hydrogens (tertiary/aromatic N) is 1. The second kappa shape index (κ2) is 9.71. The molecule has 1 unspecified atom stereocenters. The van der Waals surface area contributed by atoms with Gasteiger partial charge in [0.05, 0.1) is 30.5 Å². The molecule has 0 saturated carbocycles. The van der Waals surface area contributed by atoms with E-state index in [1.807, 2.05) is 19.9 Å². The summed E-state index contributed by atoms with van der Waals surface area (Å²) in [5.41, 5.74) is 0.919. The molecule has 2 aromatic carbocycles. The Hall–Kier alpha value is -2.93. The van der Waals surface area contributed by atoms with E-state index < -0.39 is 6.10 Å². The predicted molar refractivity (Wildman–Crippen MR) is 115 cm³/mol. The molecule has 2 aromatic rings. The molecule has 0 radical (unpaired) electrons. The Bertz CT molecular complexity index is 934. The highest BCUT2D eigenvalue weighted by Crippen LogP contribution is 2.39. The fourth-order valence-electron chi connectivity index (χ4n) is 3.18. The molecular weight excluding hydrogens is 408 g/mol. The molecule has 8 heteroatoms. The fraction of sp³-hybridized carbons (Fsp3) is 0.364. The third-order valence-corrected chi connectivity index (χ3v) is 4.85. The lowest BCUT2D eigenvalue weighted by Crippen LogP contribution is -2.50. The molecule has 7 nitrogen and oxygen atoms in total. The number of carbonyl (C=O) groups is 2. The van der Waals surface area contributed by atoms with Crippen LogP contribution in [-0.4, -0.2) is 44.7 Å². The lowest BCUT2D eigenvalue weighted by Gasteiger charge is -2.34. The van der Waals surface area contributed by atoms with E-state index in [1.165, 1.54) is 11.9 Å². The number of rotatable bonds is 7. The van der Waals surface area contributed by atoms with Crippen LogP contribution in [0.25, 0.3) is 0 Å². The van der Waals surface area contributed by atoms with Crippen LogP contribution in [0.3, 0.4) is 0 Å². The molecule has 1 aliphatic heterocycles. The van der Waals surface area contributed by atoms with E-state index in [0.717, 1.165) is 6.42 Å². The number of carbonyl (C=O) groups excluding carboxylic acids is 2. The van der Waals surface area contributed by atoms with E-state index in [4.69, 9.17) is 25.8 Å². The molecule has 160 valence electrons.